The van der Waals surface area contributed by atoms with Crippen LogP contribution in [0, 0.1) is 10.5 Å². The van der Waals surface area contributed by atoms with Crippen molar-refractivity contribution in [3.63, 3.8) is 0 Å². The molecule has 1 heterocycles. The Labute approximate surface area is 142 Å². The predicted molar refractivity (Wildman–Crippen MR) is 97.0 cm³/mol. The van der Waals surface area contributed by atoms with Crippen LogP contribution >= 0.6 is 33.9 Å². The molecule has 2 aromatic rings. The van der Waals surface area contributed by atoms with E-state index in [2.05, 4.69) is 58.0 Å². The number of nitrogens with zero attached hydrogens (tertiary/aromatic N) is 2. The van der Waals surface area contributed by atoms with E-state index in [1.54, 1.807) is 11.8 Å². The van der Waals surface area contributed by atoms with E-state index in [0.717, 1.165) is 16.5 Å². The lowest BCUT2D eigenvalue weighted by Gasteiger charge is -2.14. The van der Waals surface area contributed by atoms with Crippen LogP contribution in [0.5, 0.6) is 0 Å². The van der Waals surface area contributed by atoms with Crippen LogP contribution in [0.3, 0.4) is 0 Å². The molecule has 0 spiro atoms. The van der Waals surface area contributed by atoms with Gasteiger partial charge in [0, 0.05) is 28.1 Å². The summed E-state index contributed by atoms with van der Waals surface area (Å²) in [6.07, 6.45) is 0. The maximum Gasteiger partial charge on any atom is 0.225 e. The van der Waals surface area contributed by atoms with E-state index in [1.807, 2.05) is 12.3 Å². The minimum Gasteiger partial charge on any atom is -0.379 e. The maximum absolute atomic E-state index is 11.5. The number of hydrogen-bond donors (Lipinski definition) is 1. The number of aryl methyl sites for hydroxylation is 1. The monoisotopic (exact) mass is 415 g/mol. The van der Waals surface area contributed by atoms with Crippen molar-refractivity contribution in [1.82, 2.24) is 4.98 Å². The molecule has 0 unspecified atom stereocenters. The van der Waals surface area contributed by atoms with E-state index in [9.17, 15) is 4.79 Å². The molecule has 4 nitrogen and oxygen atoms in total. The summed E-state index contributed by atoms with van der Waals surface area (Å²) >= 11 is 3.81. The second-order valence-electron chi connectivity index (χ2n) is 4.70. The fourth-order valence-corrected chi connectivity index (χ4v) is 3.58. The first-order valence-corrected chi connectivity index (χ1v) is 8.69. The number of aromatic nitrogens is 1. The fourth-order valence-electron chi connectivity index (χ4n) is 2.01. The second kappa shape index (κ2) is 7.22. The number of carbonyl (C=O) groups excluding carboxylic acids is 1. The van der Waals surface area contributed by atoms with Gasteiger partial charge in [0.25, 0.3) is 0 Å². The first kappa shape index (κ1) is 16.2. The van der Waals surface area contributed by atoms with Crippen molar-refractivity contribution in [2.75, 3.05) is 16.8 Å². The van der Waals surface area contributed by atoms with Gasteiger partial charge in [-0.25, -0.2) is 4.98 Å². The van der Waals surface area contributed by atoms with Crippen molar-refractivity contribution in [2.24, 2.45) is 0 Å². The summed E-state index contributed by atoms with van der Waals surface area (Å²) in [4.78, 5) is 17.7. The number of rotatable bonds is 5. The number of hydrogen-bond acceptors (Lipinski definition) is 4. The number of amides is 1. The first-order chi connectivity index (χ1) is 10.0. The molecule has 2 rings (SSSR count). The van der Waals surface area contributed by atoms with Crippen LogP contribution in [-0.4, -0.2) is 17.4 Å². The van der Waals surface area contributed by atoms with Crippen LogP contribution in [-0.2, 0) is 11.3 Å². The number of carbonyl (C=O) groups is 1. The molecule has 21 heavy (non-hydrogen) atoms. The van der Waals surface area contributed by atoms with Crippen molar-refractivity contribution in [3.8, 4) is 0 Å². The highest BCUT2D eigenvalue weighted by atomic mass is 127. The van der Waals surface area contributed by atoms with Gasteiger partial charge < -0.3 is 5.32 Å². The fraction of sp³-hybridized carbons (Fsp3) is 0.333. The topological polar surface area (TPSA) is 45.2 Å². The zero-order valence-electron chi connectivity index (χ0n) is 12.3. The Kier molecular flexibility index (Phi) is 5.58. The molecule has 0 radical (unpaired) electrons. The van der Waals surface area contributed by atoms with Crippen LogP contribution in [0.25, 0.3) is 0 Å². The highest BCUT2D eigenvalue weighted by Crippen LogP contribution is 2.22. The number of nitrogens with one attached hydrogen (secondary N) is 1. The van der Waals surface area contributed by atoms with Gasteiger partial charge in [-0.05, 0) is 60.2 Å². The third-order valence-electron chi connectivity index (χ3n) is 3.12. The summed E-state index contributed by atoms with van der Waals surface area (Å²) in [6.45, 7) is 6.91. The smallest absolute Gasteiger partial charge is 0.225 e. The average Bonchev–Trinajstić information content (AvgIpc) is 2.87. The van der Waals surface area contributed by atoms with Crippen molar-refractivity contribution in [1.29, 1.82) is 0 Å². The van der Waals surface area contributed by atoms with Crippen LogP contribution in [0.4, 0.5) is 10.8 Å². The molecule has 0 aliphatic carbocycles. The van der Waals surface area contributed by atoms with Crippen LogP contribution in [0.2, 0.25) is 0 Å². The van der Waals surface area contributed by atoms with Gasteiger partial charge in [-0.1, -0.05) is 0 Å². The summed E-state index contributed by atoms with van der Waals surface area (Å²) in [5, 5.41) is 6.15. The molecular weight excluding hydrogens is 397 g/mol. The SMILES string of the molecule is CCN(C(C)=O)c1nc(CNc2ccc(I)cc2C)cs1. The summed E-state index contributed by atoms with van der Waals surface area (Å²) in [5.41, 5.74) is 3.29. The van der Waals surface area contributed by atoms with E-state index in [0.29, 0.717) is 13.1 Å². The lowest BCUT2D eigenvalue weighted by atomic mass is 10.2. The molecule has 1 aromatic heterocycles. The van der Waals surface area contributed by atoms with Gasteiger partial charge in [0.05, 0.1) is 12.2 Å². The van der Waals surface area contributed by atoms with E-state index in [1.165, 1.54) is 20.5 Å². The number of benzene rings is 1. The Morgan fingerprint density at radius 1 is 1.48 bits per heavy atom. The standard InChI is InChI=1S/C15H18IN3OS/c1-4-19(11(3)20)15-18-13(9-21-15)8-17-14-6-5-12(16)7-10(14)2/h5-7,9,17H,4,8H2,1-3H3. The van der Waals surface area contributed by atoms with Crippen LogP contribution in [0.1, 0.15) is 25.1 Å². The van der Waals surface area contributed by atoms with E-state index < -0.39 is 0 Å². The molecular formula is C15H18IN3OS. The van der Waals surface area contributed by atoms with Gasteiger partial charge >= 0.3 is 0 Å². The largest absolute Gasteiger partial charge is 0.379 e. The Morgan fingerprint density at radius 3 is 2.86 bits per heavy atom. The zero-order chi connectivity index (χ0) is 15.4. The minimum atomic E-state index is 0.0276. The predicted octanol–water partition coefficient (Wildman–Crippen LogP) is 4.04. The summed E-state index contributed by atoms with van der Waals surface area (Å²) in [7, 11) is 0. The normalized spacial score (nSPS) is 10.5. The van der Waals surface area contributed by atoms with Gasteiger partial charge in [-0.3, -0.25) is 9.69 Å². The van der Waals surface area contributed by atoms with Gasteiger partial charge in [-0.15, -0.1) is 11.3 Å². The molecule has 6 heteroatoms. The zero-order valence-corrected chi connectivity index (χ0v) is 15.3. The van der Waals surface area contributed by atoms with Crippen LogP contribution < -0.4 is 10.2 Å². The molecule has 0 bridgehead atoms. The van der Waals surface area contributed by atoms with Crippen LogP contribution in [0.15, 0.2) is 23.6 Å². The molecule has 1 aromatic carbocycles. The lowest BCUT2D eigenvalue weighted by Crippen LogP contribution is -2.27. The number of anilines is 2. The summed E-state index contributed by atoms with van der Waals surface area (Å²) in [5.74, 6) is 0.0276. The summed E-state index contributed by atoms with van der Waals surface area (Å²) < 4.78 is 1.23. The molecule has 1 amide bonds. The Morgan fingerprint density at radius 2 is 2.24 bits per heavy atom. The molecule has 0 saturated carbocycles. The molecule has 0 fully saturated rings. The minimum absolute atomic E-state index is 0.0276. The van der Waals surface area contributed by atoms with E-state index in [4.69, 9.17) is 0 Å². The molecule has 0 aliphatic rings. The molecule has 1 N–H and O–H groups in total. The highest BCUT2D eigenvalue weighted by Gasteiger charge is 2.13. The van der Waals surface area contributed by atoms with Gasteiger partial charge in [-0.2, -0.15) is 0 Å². The molecule has 0 atom stereocenters. The van der Waals surface area contributed by atoms with Gasteiger partial charge in [0.15, 0.2) is 5.13 Å². The van der Waals surface area contributed by atoms with E-state index >= 15 is 0 Å². The van der Waals surface area contributed by atoms with Crippen molar-refractivity contribution < 1.29 is 4.79 Å². The highest BCUT2D eigenvalue weighted by molar-refractivity contribution is 14.1. The number of halogens is 1. The lowest BCUT2D eigenvalue weighted by molar-refractivity contribution is -0.116. The average molecular weight is 415 g/mol. The summed E-state index contributed by atoms with van der Waals surface area (Å²) in [6, 6.07) is 6.30. The first-order valence-electron chi connectivity index (χ1n) is 6.73. The van der Waals surface area contributed by atoms with Gasteiger partial charge in [0.1, 0.15) is 0 Å². The van der Waals surface area contributed by atoms with Crippen molar-refractivity contribution in [2.45, 2.75) is 27.3 Å². The number of thiazole rings is 1. The second-order valence-corrected chi connectivity index (χ2v) is 6.78. The Bertz CT molecular complexity index is 642. The molecule has 112 valence electrons. The quantitative estimate of drug-likeness (QED) is 0.750. The maximum atomic E-state index is 11.5. The Hall–Kier alpha value is -1.15. The Balaban J connectivity index is 2.04. The molecule has 0 saturated heterocycles. The van der Waals surface area contributed by atoms with Gasteiger partial charge in [0.2, 0.25) is 5.91 Å². The van der Waals surface area contributed by atoms with E-state index in [-0.39, 0.29) is 5.91 Å². The third kappa shape index (κ3) is 4.16. The molecule has 0 aliphatic heterocycles. The van der Waals surface area contributed by atoms with Crippen molar-refractivity contribution >= 4 is 50.7 Å². The van der Waals surface area contributed by atoms with Crippen molar-refractivity contribution in [3.05, 3.63) is 38.4 Å². The third-order valence-corrected chi connectivity index (χ3v) is 4.70.